The van der Waals surface area contributed by atoms with E-state index in [-0.39, 0.29) is 6.04 Å². The summed E-state index contributed by atoms with van der Waals surface area (Å²) < 4.78 is 1.84. The zero-order chi connectivity index (χ0) is 14.7. The lowest BCUT2D eigenvalue weighted by Crippen LogP contribution is -2.11. The van der Waals surface area contributed by atoms with Crippen LogP contribution in [0.1, 0.15) is 18.5 Å². The van der Waals surface area contributed by atoms with Gasteiger partial charge in [0.15, 0.2) is 0 Å². The molecule has 0 radical (unpaired) electrons. The molecule has 0 spiro atoms. The van der Waals surface area contributed by atoms with Crippen molar-refractivity contribution in [3.63, 3.8) is 0 Å². The number of nitrogens with zero attached hydrogens (tertiary/aromatic N) is 4. The second-order valence-corrected chi connectivity index (χ2v) is 4.99. The smallest absolute Gasteiger partial charge is 0.149 e. The first kappa shape index (κ1) is 13.6. The lowest BCUT2D eigenvalue weighted by Gasteiger charge is -2.18. The molecule has 1 atom stereocenters. The Labute approximate surface area is 127 Å². The molecule has 0 amide bonds. The number of anilines is 1. The fraction of sp³-hybridized carbons (Fsp3) is 0.133. The highest BCUT2D eigenvalue weighted by Gasteiger charge is 2.12. The highest BCUT2D eigenvalue weighted by Crippen LogP contribution is 2.24. The Morgan fingerprint density at radius 3 is 2.81 bits per heavy atom. The van der Waals surface area contributed by atoms with Gasteiger partial charge in [0.2, 0.25) is 0 Å². The van der Waals surface area contributed by atoms with Crippen molar-refractivity contribution < 1.29 is 0 Å². The summed E-state index contributed by atoms with van der Waals surface area (Å²) in [5.41, 5.74) is 2.14. The molecule has 6 heteroatoms. The molecule has 0 aliphatic rings. The van der Waals surface area contributed by atoms with Crippen LogP contribution in [0.5, 0.6) is 0 Å². The second-order valence-electron chi connectivity index (χ2n) is 4.60. The SMILES string of the molecule is CC(Nc1cncc(Cl)n1)c1ccccc1-n1cccn1. The molecular weight excluding hydrogens is 286 g/mol. The first-order chi connectivity index (χ1) is 10.2. The summed E-state index contributed by atoms with van der Waals surface area (Å²) in [7, 11) is 0. The molecular formula is C15H14ClN5. The fourth-order valence-corrected chi connectivity index (χ4v) is 2.33. The molecule has 2 aromatic heterocycles. The maximum Gasteiger partial charge on any atom is 0.149 e. The van der Waals surface area contributed by atoms with E-state index >= 15 is 0 Å². The molecule has 0 saturated heterocycles. The third-order valence-electron chi connectivity index (χ3n) is 3.12. The Morgan fingerprint density at radius 1 is 1.19 bits per heavy atom. The van der Waals surface area contributed by atoms with E-state index in [9.17, 15) is 0 Å². The maximum atomic E-state index is 5.86. The molecule has 5 nitrogen and oxygen atoms in total. The van der Waals surface area contributed by atoms with Crippen LogP contribution in [0.2, 0.25) is 5.15 Å². The van der Waals surface area contributed by atoms with Crippen molar-refractivity contribution in [1.82, 2.24) is 19.7 Å². The molecule has 0 fully saturated rings. The van der Waals surface area contributed by atoms with Crippen molar-refractivity contribution in [2.45, 2.75) is 13.0 Å². The maximum absolute atomic E-state index is 5.86. The van der Waals surface area contributed by atoms with Gasteiger partial charge in [0.25, 0.3) is 0 Å². The average Bonchev–Trinajstić information content (AvgIpc) is 3.01. The van der Waals surface area contributed by atoms with Gasteiger partial charge in [-0.3, -0.25) is 4.98 Å². The lowest BCUT2D eigenvalue weighted by molar-refractivity contribution is 0.813. The molecule has 3 aromatic rings. The largest absolute Gasteiger partial charge is 0.362 e. The van der Waals surface area contributed by atoms with Gasteiger partial charge in [0, 0.05) is 12.4 Å². The van der Waals surface area contributed by atoms with Crippen LogP contribution in [0.3, 0.4) is 0 Å². The lowest BCUT2D eigenvalue weighted by atomic mass is 10.1. The van der Waals surface area contributed by atoms with Crippen molar-refractivity contribution in [3.05, 3.63) is 65.8 Å². The molecule has 1 unspecified atom stereocenters. The molecule has 0 bridgehead atoms. The average molecular weight is 300 g/mol. The van der Waals surface area contributed by atoms with Crippen LogP contribution >= 0.6 is 11.6 Å². The number of halogens is 1. The normalized spacial score (nSPS) is 12.1. The van der Waals surface area contributed by atoms with Gasteiger partial charge in [-0.2, -0.15) is 5.10 Å². The zero-order valence-electron chi connectivity index (χ0n) is 11.4. The summed E-state index contributed by atoms with van der Waals surface area (Å²) in [6.45, 7) is 2.06. The third-order valence-corrected chi connectivity index (χ3v) is 3.31. The zero-order valence-corrected chi connectivity index (χ0v) is 12.2. The van der Waals surface area contributed by atoms with E-state index in [4.69, 9.17) is 11.6 Å². The molecule has 2 heterocycles. The minimum absolute atomic E-state index is 0.0400. The molecule has 0 aliphatic heterocycles. The van der Waals surface area contributed by atoms with Crippen LogP contribution in [0.25, 0.3) is 5.69 Å². The van der Waals surface area contributed by atoms with Crippen LogP contribution in [-0.2, 0) is 0 Å². The summed E-state index contributed by atoms with van der Waals surface area (Å²) in [5, 5.41) is 7.96. The predicted octanol–water partition coefficient (Wildman–Crippen LogP) is 3.49. The minimum Gasteiger partial charge on any atom is -0.362 e. The monoisotopic (exact) mass is 299 g/mol. The van der Waals surface area contributed by atoms with Crippen LogP contribution < -0.4 is 5.32 Å². The first-order valence-corrected chi connectivity index (χ1v) is 6.95. The number of para-hydroxylation sites is 1. The molecule has 1 N–H and O–H groups in total. The topological polar surface area (TPSA) is 55.6 Å². The van der Waals surface area contributed by atoms with Crippen molar-refractivity contribution in [1.29, 1.82) is 0 Å². The van der Waals surface area contributed by atoms with E-state index in [0.29, 0.717) is 11.0 Å². The number of benzene rings is 1. The van der Waals surface area contributed by atoms with Gasteiger partial charge < -0.3 is 5.32 Å². The molecule has 0 aliphatic carbocycles. The molecule has 3 rings (SSSR count). The predicted molar refractivity (Wildman–Crippen MR) is 82.6 cm³/mol. The molecule has 0 saturated carbocycles. The Hall–Kier alpha value is -2.40. The van der Waals surface area contributed by atoms with Gasteiger partial charge in [-0.1, -0.05) is 29.8 Å². The number of aromatic nitrogens is 4. The minimum atomic E-state index is 0.0400. The molecule has 1 aromatic carbocycles. The van der Waals surface area contributed by atoms with Gasteiger partial charge in [-0.25, -0.2) is 9.67 Å². The Bertz CT molecular complexity index is 726. The summed E-state index contributed by atoms with van der Waals surface area (Å²) in [6.07, 6.45) is 6.84. The van der Waals surface area contributed by atoms with E-state index in [1.165, 1.54) is 6.20 Å². The summed E-state index contributed by atoms with van der Waals surface area (Å²) in [6, 6.07) is 10.0. The third kappa shape index (κ3) is 3.03. The quantitative estimate of drug-likeness (QED) is 0.801. The Morgan fingerprint density at radius 2 is 2.05 bits per heavy atom. The standard InChI is InChI=1S/C15H14ClN5/c1-11(19-15-10-17-9-14(16)20-15)12-5-2-3-6-13(12)21-8-4-7-18-21/h2-11H,1H3,(H,19,20). The van der Waals surface area contributed by atoms with Gasteiger partial charge in [0.05, 0.1) is 24.1 Å². The van der Waals surface area contributed by atoms with Crippen molar-refractivity contribution >= 4 is 17.4 Å². The van der Waals surface area contributed by atoms with Gasteiger partial charge in [-0.15, -0.1) is 0 Å². The molecule has 106 valence electrons. The van der Waals surface area contributed by atoms with E-state index in [1.54, 1.807) is 12.4 Å². The second kappa shape index (κ2) is 5.93. The van der Waals surface area contributed by atoms with Crippen LogP contribution in [-0.4, -0.2) is 19.7 Å². The summed E-state index contributed by atoms with van der Waals surface area (Å²) >= 11 is 5.86. The van der Waals surface area contributed by atoms with Crippen LogP contribution in [0, 0.1) is 0 Å². The first-order valence-electron chi connectivity index (χ1n) is 6.57. The van der Waals surface area contributed by atoms with Crippen molar-refractivity contribution in [2.75, 3.05) is 5.32 Å². The van der Waals surface area contributed by atoms with Crippen LogP contribution in [0.15, 0.2) is 55.1 Å². The van der Waals surface area contributed by atoms with E-state index in [1.807, 2.05) is 35.1 Å². The van der Waals surface area contributed by atoms with Gasteiger partial charge >= 0.3 is 0 Å². The highest BCUT2D eigenvalue weighted by molar-refractivity contribution is 6.29. The van der Waals surface area contributed by atoms with Crippen molar-refractivity contribution in [3.8, 4) is 5.69 Å². The van der Waals surface area contributed by atoms with E-state index < -0.39 is 0 Å². The van der Waals surface area contributed by atoms with E-state index in [2.05, 4.69) is 33.4 Å². The summed E-state index contributed by atoms with van der Waals surface area (Å²) in [5.74, 6) is 0.644. The molecule has 21 heavy (non-hydrogen) atoms. The number of rotatable bonds is 4. The van der Waals surface area contributed by atoms with Gasteiger partial charge in [-0.05, 0) is 24.6 Å². The van der Waals surface area contributed by atoms with Gasteiger partial charge in [0.1, 0.15) is 11.0 Å². The highest BCUT2D eigenvalue weighted by atomic mass is 35.5. The van der Waals surface area contributed by atoms with Crippen LogP contribution in [0.4, 0.5) is 5.82 Å². The number of nitrogens with one attached hydrogen (secondary N) is 1. The summed E-state index contributed by atoms with van der Waals surface area (Å²) in [4.78, 5) is 8.23. The van der Waals surface area contributed by atoms with Crippen molar-refractivity contribution in [2.24, 2.45) is 0 Å². The number of hydrogen-bond acceptors (Lipinski definition) is 4. The Balaban J connectivity index is 1.90. The fourth-order valence-electron chi connectivity index (χ4n) is 2.18. The van der Waals surface area contributed by atoms with E-state index in [0.717, 1.165) is 11.3 Å². The number of hydrogen-bond donors (Lipinski definition) is 1. The Kier molecular flexibility index (Phi) is 3.83.